The van der Waals surface area contributed by atoms with E-state index < -0.39 is 23.6 Å². The molecule has 0 aliphatic rings. The number of carbonyl (C=O) groups excluding carboxylic acids is 2. The third-order valence-electron chi connectivity index (χ3n) is 2.78. The van der Waals surface area contributed by atoms with Crippen molar-refractivity contribution < 1.29 is 14.3 Å². The third kappa shape index (κ3) is 4.28. The van der Waals surface area contributed by atoms with E-state index in [4.69, 9.17) is 10.5 Å². The number of carbonyl (C=O) groups is 2. The maximum Gasteiger partial charge on any atom is 0.408 e. The van der Waals surface area contributed by atoms with E-state index in [1.807, 2.05) is 0 Å². The third-order valence-corrected chi connectivity index (χ3v) is 3.76. The van der Waals surface area contributed by atoms with Crippen molar-refractivity contribution in [3.05, 3.63) is 22.7 Å². The van der Waals surface area contributed by atoms with Crippen LogP contribution in [0.2, 0.25) is 0 Å². The van der Waals surface area contributed by atoms with Crippen LogP contribution < -0.4 is 11.1 Å². The molecule has 0 aliphatic carbocycles. The quantitative estimate of drug-likeness (QED) is 0.863. The van der Waals surface area contributed by atoms with E-state index in [1.54, 1.807) is 34.6 Å². The number of amides is 2. The molecule has 2 aromatic rings. The summed E-state index contributed by atoms with van der Waals surface area (Å²) in [4.78, 5) is 31.9. The van der Waals surface area contributed by atoms with Gasteiger partial charge < -0.3 is 15.8 Å². The average molecular weight is 352 g/mol. The van der Waals surface area contributed by atoms with E-state index >= 15 is 0 Å². The molecule has 0 saturated carbocycles. The predicted molar refractivity (Wildman–Crippen MR) is 88.1 cm³/mol. The second-order valence-electron chi connectivity index (χ2n) is 6.17. The Hall–Kier alpha value is -2.49. The summed E-state index contributed by atoms with van der Waals surface area (Å²) in [6.45, 7) is 8.83. The lowest BCUT2D eigenvalue weighted by molar-refractivity contribution is 0.0505. The van der Waals surface area contributed by atoms with Gasteiger partial charge in [-0.3, -0.25) is 4.79 Å². The normalized spacial score (nSPS) is 12.7. The highest BCUT2D eigenvalue weighted by molar-refractivity contribution is 7.16. The molecule has 1 unspecified atom stereocenters. The molecule has 9 nitrogen and oxygen atoms in total. The highest BCUT2D eigenvalue weighted by Gasteiger charge is 2.23. The molecule has 10 heteroatoms. The molecule has 0 saturated heterocycles. The Morgan fingerprint density at radius 1 is 1.42 bits per heavy atom. The number of aryl methyl sites for hydroxylation is 1. The van der Waals surface area contributed by atoms with Gasteiger partial charge in [-0.25, -0.2) is 14.8 Å². The van der Waals surface area contributed by atoms with Gasteiger partial charge in [0.15, 0.2) is 5.82 Å². The van der Waals surface area contributed by atoms with E-state index in [-0.39, 0.29) is 0 Å². The zero-order valence-electron chi connectivity index (χ0n) is 14.2. The van der Waals surface area contributed by atoms with Crippen molar-refractivity contribution in [1.29, 1.82) is 0 Å². The monoisotopic (exact) mass is 352 g/mol. The van der Waals surface area contributed by atoms with Crippen LogP contribution in [0.1, 0.15) is 55.1 Å². The molecule has 2 heterocycles. The van der Waals surface area contributed by atoms with Gasteiger partial charge in [0.2, 0.25) is 5.13 Å². The van der Waals surface area contributed by atoms with Crippen LogP contribution in [0.5, 0.6) is 0 Å². The fourth-order valence-electron chi connectivity index (χ4n) is 1.88. The summed E-state index contributed by atoms with van der Waals surface area (Å²) in [7, 11) is 0. The van der Waals surface area contributed by atoms with Crippen molar-refractivity contribution in [1.82, 2.24) is 25.1 Å². The van der Waals surface area contributed by atoms with Crippen molar-refractivity contribution in [2.75, 3.05) is 0 Å². The molecule has 1 atom stereocenters. The first-order valence-corrected chi connectivity index (χ1v) is 8.07. The first kappa shape index (κ1) is 17.9. The second kappa shape index (κ2) is 6.56. The number of nitrogens with two attached hydrogens (primary N) is 1. The van der Waals surface area contributed by atoms with Gasteiger partial charge in [0, 0.05) is 0 Å². The molecule has 0 aromatic carbocycles. The number of nitrogens with one attached hydrogen (secondary N) is 1. The Kier molecular flexibility index (Phi) is 4.88. The zero-order chi connectivity index (χ0) is 18.1. The average Bonchev–Trinajstić information content (AvgIpc) is 3.01. The van der Waals surface area contributed by atoms with Crippen LogP contribution in [0.15, 0.2) is 6.20 Å². The Balaban J connectivity index is 2.24. The van der Waals surface area contributed by atoms with Crippen LogP contribution in [0.25, 0.3) is 5.13 Å². The molecule has 2 rings (SSSR count). The van der Waals surface area contributed by atoms with Crippen LogP contribution in [-0.2, 0) is 4.74 Å². The Morgan fingerprint density at radius 3 is 2.62 bits per heavy atom. The Morgan fingerprint density at radius 2 is 2.08 bits per heavy atom. The van der Waals surface area contributed by atoms with Crippen LogP contribution >= 0.6 is 11.3 Å². The highest BCUT2D eigenvalue weighted by Crippen LogP contribution is 2.21. The molecule has 2 amide bonds. The minimum Gasteiger partial charge on any atom is -0.444 e. The maximum absolute atomic E-state index is 11.9. The van der Waals surface area contributed by atoms with Gasteiger partial charge in [-0.2, -0.15) is 4.68 Å². The first-order valence-electron chi connectivity index (χ1n) is 7.26. The van der Waals surface area contributed by atoms with Crippen LogP contribution in [0.3, 0.4) is 0 Å². The molecule has 24 heavy (non-hydrogen) atoms. The summed E-state index contributed by atoms with van der Waals surface area (Å²) in [5.74, 6) is 0.430. The topological polar surface area (TPSA) is 125 Å². The van der Waals surface area contributed by atoms with Gasteiger partial charge in [-0.05, 0) is 34.6 Å². The van der Waals surface area contributed by atoms with Crippen molar-refractivity contribution in [3.63, 3.8) is 0 Å². The van der Waals surface area contributed by atoms with Gasteiger partial charge >= 0.3 is 6.09 Å². The van der Waals surface area contributed by atoms with E-state index in [1.165, 1.54) is 10.9 Å². The molecule has 0 spiro atoms. The number of thiazole rings is 1. The summed E-state index contributed by atoms with van der Waals surface area (Å²) < 4.78 is 6.72. The molecule has 0 aliphatic heterocycles. The molecule has 2 aromatic heterocycles. The summed E-state index contributed by atoms with van der Waals surface area (Å²) in [5, 5.41) is 7.41. The van der Waals surface area contributed by atoms with Crippen LogP contribution in [0.4, 0.5) is 4.79 Å². The van der Waals surface area contributed by atoms with Gasteiger partial charge in [-0.1, -0.05) is 11.3 Å². The second-order valence-corrected chi connectivity index (χ2v) is 7.18. The number of ether oxygens (including phenoxy) is 1. The zero-order valence-corrected chi connectivity index (χ0v) is 15.0. The standard InChI is InChI=1S/C14H20N6O3S/c1-7(17-13(22)23-14(3,4)5)11-18-8(2)19-20(11)12-16-6-9(24-12)10(15)21/h6-7H,1-5H3,(H2,15,21)(H,17,22). The fourth-order valence-corrected chi connectivity index (χ4v) is 2.61. The number of alkyl carbamates (subject to hydrolysis) is 1. The molecule has 0 radical (unpaired) electrons. The van der Waals surface area contributed by atoms with Crippen molar-refractivity contribution in [2.24, 2.45) is 5.73 Å². The van der Waals surface area contributed by atoms with E-state index in [0.717, 1.165) is 11.3 Å². The minimum absolute atomic E-state index is 0.317. The number of hydrogen-bond acceptors (Lipinski definition) is 7. The predicted octanol–water partition coefficient (Wildman–Crippen LogP) is 1.72. The molecule has 0 bridgehead atoms. The van der Waals surface area contributed by atoms with Gasteiger partial charge in [0.05, 0.1) is 12.2 Å². The smallest absolute Gasteiger partial charge is 0.408 e. The molecular weight excluding hydrogens is 332 g/mol. The lowest BCUT2D eigenvalue weighted by atomic mass is 10.2. The summed E-state index contributed by atoms with van der Waals surface area (Å²) in [6.07, 6.45) is 0.828. The van der Waals surface area contributed by atoms with Gasteiger partial charge in [-0.15, -0.1) is 5.10 Å². The number of primary amides is 1. The van der Waals surface area contributed by atoms with Gasteiger partial charge in [0.25, 0.3) is 5.91 Å². The van der Waals surface area contributed by atoms with Crippen molar-refractivity contribution in [3.8, 4) is 5.13 Å². The SMILES string of the molecule is Cc1nc(C(C)NC(=O)OC(C)(C)C)n(-c2ncc(C(N)=O)s2)n1. The summed E-state index contributed by atoms with van der Waals surface area (Å²) in [6, 6.07) is -0.470. The van der Waals surface area contributed by atoms with Crippen LogP contribution in [0, 0.1) is 6.92 Å². The lowest BCUT2D eigenvalue weighted by Gasteiger charge is -2.21. The molecular formula is C14H20N6O3S. The number of aromatic nitrogens is 4. The Labute approximate surface area is 143 Å². The first-order chi connectivity index (χ1) is 11.1. The summed E-state index contributed by atoms with van der Waals surface area (Å²) >= 11 is 1.10. The number of rotatable bonds is 4. The van der Waals surface area contributed by atoms with Gasteiger partial charge in [0.1, 0.15) is 16.3 Å². The highest BCUT2D eigenvalue weighted by atomic mass is 32.1. The molecule has 130 valence electrons. The largest absolute Gasteiger partial charge is 0.444 e. The minimum atomic E-state index is -0.598. The molecule has 3 N–H and O–H groups in total. The van der Waals surface area contributed by atoms with Crippen LogP contribution in [-0.4, -0.2) is 37.3 Å². The summed E-state index contributed by atoms with van der Waals surface area (Å²) in [5.41, 5.74) is 4.65. The van der Waals surface area contributed by atoms with Crippen molar-refractivity contribution in [2.45, 2.75) is 46.3 Å². The fraction of sp³-hybridized carbons (Fsp3) is 0.500. The van der Waals surface area contributed by atoms with E-state index in [0.29, 0.717) is 21.7 Å². The number of nitrogens with zero attached hydrogens (tertiary/aromatic N) is 4. The Bertz CT molecular complexity index is 761. The lowest BCUT2D eigenvalue weighted by Crippen LogP contribution is -2.34. The van der Waals surface area contributed by atoms with E-state index in [2.05, 4.69) is 20.4 Å². The van der Waals surface area contributed by atoms with E-state index in [9.17, 15) is 9.59 Å². The number of hydrogen-bond donors (Lipinski definition) is 2. The molecule has 0 fully saturated rings. The maximum atomic E-state index is 11.9. The van der Waals surface area contributed by atoms with Crippen molar-refractivity contribution >= 4 is 23.3 Å².